The summed E-state index contributed by atoms with van der Waals surface area (Å²) in [6.45, 7) is 1.92. The van der Waals surface area contributed by atoms with Crippen molar-refractivity contribution in [1.82, 2.24) is 10.4 Å². The summed E-state index contributed by atoms with van der Waals surface area (Å²) in [5.41, 5.74) is 3.61. The molecule has 39 heavy (non-hydrogen) atoms. The van der Waals surface area contributed by atoms with Gasteiger partial charge < -0.3 is 10.1 Å². The third-order valence-electron chi connectivity index (χ3n) is 5.67. The van der Waals surface area contributed by atoms with Crippen LogP contribution in [0.25, 0.3) is 0 Å². The second-order valence-electron chi connectivity index (χ2n) is 8.32. The smallest absolute Gasteiger partial charge is 0.338 e. The van der Waals surface area contributed by atoms with E-state index in [1.54, 1.807) is 31.2 Å². The number of amides is 3. The maximum Gasteiger partial charge on any atom is 0.338 e. The average molecular weight is 569 g/mol. The first kappa shape index (κ1) is 27.7. The fraction of sp³-hybridized carbons (Fsp3) is 0.148. The first-order chi connectivity index (χ1) is 18.7. The quantitative estimate of drug-likeness (QED) is 0.307. The largest absolute Gasteiger partial charge is 0.462 e. The van der Waals surface area contributed by atoms with E-state index in [4.69, 9.17) is 28.6 Å². The SMILES string of the molecule is CCOC(=O)c1ccc(NC(=O)CC2C(=O)N(c3ccc(Cl)cc3)C(=S)N2NC(=O)c2cccc(F)c2)cc1. The number of anilines is 2. The van der Waals surface area contributed by atoms with Crippen molar-refractivity contribution in [3.05, 3.63) is 94.8 Å². The third-order valence-corrected chi connectivity index (χ3v) is 6.30. The fourth-order valence-electron chi connectivity index (χ4n) is 3.82. The Morgan fingerprint density at radius 2 is 1.72 bits per heavy atom. The molecule has 3 aromatic rings. The zero-order chi connectivity index (χ0) is 28.1. The number of hydrazine groups is 1. The summed E-state index contributed by atoms with van der Waals surface area (Å²) in [5.74, 6) is -2.94. The number of carbonyl (C=O) groups is 4. The Morgan fingerprint density at radius 3 is 2.36 bits per heavy atom. The number of carbonyl (C=O) groups excluding carboxylic acids is 4. The minimum absolute atomic E-state index is 0.0000768. The molecule has 9 nitrogen and oxygen atoms in total. The molecule has 1 unspecified atom stereocenters. The van der Waals surface area contributed by atoms with E-state index in [0.717, 1.165) is 11.1 Å². The van der Waals surface area contributed by atoms with Gasteiger partial charge in [0.05, 0.1) is 24.3 Å². The predicted molar refractivity (Wildman–Crippen MR) is 147 cm³/mol. The van der Waals surface area contributed by atoms with E-state index in [0.29, 0.717) is 22.0 Å². The predicted octanol–water partition coefficient (Wildman–Crippen LogP) is 4.33. The minimum Gasteiger partial charge on any atom is -0.462 e. The molecule has 1 aliphatic rings. The maximum absolute atomic E-state index is 13.7. The Balaban J connectivity index is 1.55. The van der Waals surface area contributed by atoms with Crippen LogP contribution in [0.2, 0.25) is 5.02 Å². The van der Waals surface area contributed by atoms with Crippen molar-refractivity contribution in [2.24, 2.45) is 0 Å². The molecule has 1 aliphatic heterocycles. The summed E-state index contributed by atoms with van der Waals surface area (Å²) in [6.07, 6.45) is -0.383. The molecule has 2 N–H and O–H groups in total. The Labute approximate surface area is 233 Å². The molecule has 3 aromatic carbocycles. The van der Waals surface area contributed by atoms with Gasteiger partial charge in [-0.25, -0.2) is 14.2 Å². The molecule has 0 aromatic heterocycles. The highest BCUT2D eigenvalue weighted by molar-refractivity contribution is 7.80. The molecular weight excluding hydrogens is 547 g/mol. The maximum atomic E-state index is 13.7. The highest BCUT2D eigenvalue weighted by Gasteiger charge is 2.45. The normalized spacial score (nSPS) is 14.8. The van der Waals surface area contributed by atoms with E-state index in [1.165, 1.54) is 47.4 Å². The van der Waals surface area contributed by atoms with E-state index in [2.05, 4.69) is 10.7 Å². The monoisotopic (exact) mass is 568 g/mol. The molecule has 1 atom stereocenters. The number of nitrogens with one attached hydrogen (secondary N) is 2. The molecule has 1 fully saturated rings. The van der Waals surface area contributed by atoms with Crippen LogP contribution in [-0.4, -0.2) is 46.5 Å². The zero-order valence-electron chi connectivity index (χ0n) is 20.5. The van der Waals surface area contributed by atoms with Gasteiger partial charge in [0.15, 0.2) is 0 Å². The molecular formula is C27H22ClFN4O5S. The minimum atomic E-state index is -1.20. The highest BCUT2D eigenvalue weighted by Crippen LogP contribution is 2.27. The zero-order valence-corrected chi connectivity index (χ0v) is 22.1. The van der Waals surface area contributed by atoms with Crippen molar-refractivity contribution in [2.75, 3.05) is 16.8 Å². The van der Waals surface area contributed by atoms with E-state index < -0.39 is 35.5 Å². The molecule has 0 radical (unpaired) electrons. The summed E-state index contributed by atoms with van der Waals surface area (Å²) in [4.78, 5) is 52.3. The van der Waals surface area contributed by atoms with Crippen LogP contribution in [0.1, 0.15) is 34.1 Å². The van der Waals surface area contributed by atoms with Gasteiger partial charge in [-0.3, -0.25) is 24.7 Å². The molecule has 0 aliphatic carbocycles. The topological polar surface area (TPSA) is 108 Å². The van der Waals surface area contributed by atoms with Gasteiger partial charge in [-0.15, -0.1) is 0 Å². The first-order valence-corrected chi connectivity index (χ1v) is 12.5. The van der Waals surface area contributed by atoms with Crippen molar-refractivity contribution in [3.8, 4) is 0 Å². The van der Waals surface area contributed by atoms with Gasteiger partial charge in [0, 0.05) is 16.3 Å². The number of esters is 1. The molecule has 0 saturated carbocycles. The standard InChI is InChI=1S/C27H22ClFN4O5S/c1-2-38-26(37)16-6-10-20(11-7-16)30-23(34)15-22-25(36)32(21-12-8-18(28)9-13-21)27(39)33(22)31-24(35)17-4-3-5-19(29)14-17/h3-14,22H,2,15H2,1H3,(H,30,34)(H,31,35). The van der Waals surface area contributed by atoms with Gasteiger partial charge >= 0.3 is 5.97 Å². The number of ether oxygens (including phenoxy) is 1. The lowest BCUT2D eigenvalue weighted by Crippen LogP contribution is -2.49. The summed E-state index contributed by atoms with van der Waals surface area (Å²) < 4.78 is 18.6. The molecule has 4 rings (SSSR count). The van der Waals surface area contributed by atoms with Crippen LogP contribution in [0, 0.1) is 5.82 Å². The summed E-state index contributed by atoms with van der Waals surface area (Å²) in [6, 6.07) is 16.1. The van der Waals surface area contributed by atoms with Crippen LogP contribution in [0.5, 0.6) is 0 Å². The number of hydrogen-bond acceptors (Lipinski definition) is 6. The average Bonchev–Trinajstić information content (AvgIpc) is 3.13. The molecule has 0 bridgehead atoms. The number of halogens is 2. The Morgan fingerprint density at radius 1 is 1.03 bits per heavy atom. The van der Waals surface area contributed by atoms with E-state index in [9.17, 15) is 23.6 Å². The number of thiocarbonyl (C=S) groups is 1. The van der Waals surface area contributed by atoms with Gasteiger partial charge in [-0.1, -0.05) is 17.7 Å². The van der Waals surface area contributed by atoms with Crippen LogP contribution < -0.4 is 15.6 Å². The Kier molecular flexibility index (Phi) is 8.52. The van der Waals surface area contributed by atoms with Crippen molar-refractivity contribution in [1.29, 1.82) is 0 Å². The number of benzene rings is 3. The lowest BCUT2D eigenvalue weighted by molar-refractivity contribution is -0.124. The molecule has 3 amide bonds. The number of hydrogen-bond donors (Lipinski definition) is 2. The molecule has 1 heterocycles. The van der Waals surface area contributed by atoms with Crippen molar-refractivity contribution in [3.63, 3.8) is 0 Å². The van der Waals surface area contributed by atoms with Crippen LogP contribution in [0.4, 0.5) is 15.8 Å². The van der Waals surface area contributed by atoms with Gasteiger partial charge in [0.25, 0.3) is 11.8 Å². The Bertz CT molecular complexity index is 1430. The molecule has 0 spiro atoms. The van der Waals surface area contributed by atoms with Crippen LogP contribution >= 0.6 is 23.8 Å². The third kappa shape index (κ3) is 6.39. The van der Waals surface area contributed by atoms with E-state index in [-0.39, 0.29) is 23.7 Å². The fourth-order valence-corrected chi connectivity index (χ4v) is 4.32. The van der Waals surface area contributed by atoms with Gasteiger partial charge in [0.1, 0.15) is 11.9 Å². The van der Waals surface area contributed by atoms with Gasteiger partial charge in [0.2, 0.25) is 11.0 Å². The van der Waals surface area contributed by atoms with Gasteiger partial charge in [-0.05, 0) is 85.9 Å². The van der Waals surface area contributed by atoms with E-state index >= 15 is 0 Å². The van der Waals surface area contributed by atoms with Crippen molar-refractivity contribution in [2.45, 2.75) is 19.4 Å². The van der Waals surface area contributed by atoms with Crippen LogP contribution in [-0.2, 0) is 14.3 Å². The second kappa shape index (κ2) is 12.0. The summed E-state index contributed by atoms with van der Waals surface area (Å²) in [7, 11) is 0. The summed E-state index contributed by atoms with van der Waals surface area (Å²) in [5, 5.41) is 4.14. The molecule has 200 valence electrons. The number of rotatable bonds is 8. The van der Waals surface area contributed by atoms with Crippen molar-refractivity contribution < 1.29 is 28.3 Å². The van der Waals surface area contributed by atoms with E-state index in [1.807, 2.05) is 0 Å². The lowest BCUT2D eigenvalue weighted by atomic mass is 10.1. The van der Waals surface area contributed by atoms with Gasteiger partial charge in [-0.2, -0.15) is 0 Å². The second-order valence-corrected chi connectivity index (χ2v) is 9.12. The number of nitrogens with zero attached hydrogens (tertiary/aromatic N) is 2. The highest BCUT2D eigenvalue weighted by atomic mass is 35.5. The lowest BCUT2D eigenvalue weighted by Gasteiger charge is -2.24. The van der Waals surface area contributed by atoms with Crippen LogP contribution in [0.15, 0.2) is 72.8 Å². The Hall–Kier alpha value is -4.35. The van der Waals surface area contributed by atoms with Crippen LogP contribution in [0.3, 0.4) is 0 Å². The molecule has 12 heteroatoms. The van der Waals surface area contributed by atoms with Crippen molar-refractivity contribution >= 4 is 64.0 Å². The first-order valence-electron chi connectivity index (χ1n) is 11.7. The molecule has 1 saturated heterocycles. The summed E-state index contributed by atoms with van der Waals surface area (Å²) >= 11 is 11.5.